The molecule has 0 aliphatic rings. The van der Waals surface area contributed by atoms with Gasteiger partial charge >= 0.3 is 0 Å². The van der Waals surface area contributed by atoms with E-state index in [1.807, 2.05) is 13.8 Å². The zero-order chi connectivity index (χ0) is 14.6. The van der Waals surface area contributed by atoms with E-state index in [2.05, 4.69) is 21.2 Å². The van der Waals surface area contributed by atoms with Gasteiger partial charge in [0.05, 0.1) is 4.92 Å². The minimum absolute atomic E-state index is 0.0353. The van der Waals surface area contributed by atoms with Gasteiger partial charge in [0, 0.05) is 28.6 Å². The molecular weight excluding hydrogens is 312 g/mol. The Hall–Kier alpha value is -1.43. The number of rotatable bonds is 5. The van der Waals surface area contributed by atoms with E-state index in [0.29, 0.717) is 23.6 Å². The molecule has 1 N–H and O–H groups in total. The molecule has 6 heteroatoms. The number of nitro benzene ring substituents is 1. The lowest BCUT2D eigenvalue weighted by molar-refractivity contribution is -0.385. The van der Waals surface area contributed by atoms with Crippen molar-refractivity contribution in [2.75, 3.05) is 6.54 Å². The quantitative estimate of drug-likeness (QED) is 0.513. The smallest absolute Gasteiger partial charge is 0.273 e. The largest absolute Gasteiger partial charge is 0.351 e. The van der Waals surface area contributed by atoms with E-state index in [-0.39, 0.29) is 16.4 Å². The van der Waals surface area contributed by atoms with Gasteiger partial charge in [-0.05, 0) is 18.9 Å². The van der Waals surface area contributed by atoms with Crippen LogP contribution in [0.4, 0.5) is 5.69 Å². The number of benzene rings is 1. The molecule has 0 fully saturated rings. The van der Waals surface area contributed by atoms with E-state index >= 15 is 0 Å². The Labute approximate surface area is 120 Å². The van der Waals surface area contributed by atoms with Crippen LogP contribution in [0.5, 0.6) is 0 Å². The summed E-state index contributed by atoms with van der Waals surface area (Å²) in [6.45, 7) is 6.22. The van der Waals surface area contributed by atoms with Crippen LogP contribution in [0.25, 0.3) is 0 Å². The fourth-order valence-corrected chi connectivity index (χ4v) is 1.64. The maximum atomic E-state index is 11.9. The van der Waals surface area contributed by atoms with Crippen LogP contribution >= 0.6 is 15.9 Å². The molecule has 1 unspecified atom stereocenters. The first kappa shape index (κ1) is 15.6. The summed E-state index contributed by atoms with van der Waals surface area (Å²) in [5.74, 6) is 0.0980. The first-order chi connectivity index (χ1) is 8.82. The summed E-state index contributed by atoms with van der Waals surface area (Å²) in [5, 5.41) is 13.6. The molecule has 0 aromatic heterocycles. The van der Waals surface area contributed by atoms with Crippen molar-refractivity contribution in [2.45, 2.75) is 25.6 Å². The van der Waals surface area contributed by atoms with Crippen LogP contribution in [0, 0.1) is 23.0 Å². The first-order valence-electron chi connectivity index (χ1n) is 6.00. The zero-order valence-corrected chi connectivity index (χ0v) is 12.7. The van der Waals surface area contributed by atoms with Crippen LogP contribution in [0.3, 0.4) is 0 Å². The summed E-state index contributed by atoms with van der Waals surface area (Å²) in [4.78, 5) is 22.4. The summed E-state index contributed by atoms with van der Waals surface area (Å²) in [6, 6.07) is 4.49. The Morgan fingerprint density at radius 2 is 2.11 bits per heavy atom. The molecule has 0 saturated heterocycles. The van der Waals surface area contributed by atoms with Crippen molar-refractivity contribution in [1.29, 1.82) is 0 Å². The lowest BCUT2D eigenvalue weighted by Crippen LogP contribution is -2.31. The molecule has 0 saturated carbocycles. The monoisotopic (exact) mass is 328 g/mol. The summed E-state index contributed by atoms with van der Waals surface area (Å²) < 4.78 is 0. The summed E-state index contributed by atoms with van der Waals surface area (Å²) in [6.07, 6.45) is 0. The second kappa shape index (κ2) is 6.65. The molecule has 104 valence electrons. The van der Waals surface area contributed by atoms with E-state index in [4.69, 9.17) is 0 Å². The molecule has 5 nitrogen and oxygen atoms in total. The predicted molar refractivity (Wildman–Crippen MR) is 77.7 cm³/mol. The Balaban J connectivity index is 2.78. The van der Waals surface area contributed by atoms with Crippen LogP contribution in [-0.4, -0.2) is 22.2 Å². The predicted octanol–water partition coefficient (Wildman–Crippen LogP) is 3.05. The van der Waals surface area contributed by atoms with Gasteiger partial charge in [0.2, 0.25) is 0 Å². The number of amides is 1. The van der Waals surface area contributed by atoms with E-state index < -0.39 is 4.92 Å². The number of hydrogen-bond acceptors (Lipinski definition) is 3. The summed E-state index contributed by atoms with van der Waals surface area (Å²) in [7, 11) is 0. The van der Waals surface area contributed by atoms with Gasteiger partial charge < -0.3 is 5.32 Å². The van der Waals surface area contributed by atoms with Crippen LogP contribution in [0.2, 0.25) is 0 Å². The van der Waals surface area contributed by atoms with Crippen LogP contribution in [-0.2, 0) is 0 Å². The first-order valence-corrected chi connectivity index (χ1v) is 6.91. The van der Waals surface area contributed by atoms with Crippen molar-refractivity contribution in [3.8, 4) is 0 Å². The third-order valence-electron chi connectivity index (χ3n) is 2.85. The number of nitro groups is 1. The SMILES string of the molecule is Cc1ccc(C(=O)NCC(Br)C(C)C)cc1[N+](=O)[O-]. The minimum Gasteiger partial charge on any atom is -0.351 e. The van der Waals surface area contributed by atoms with Crippen molar-refractivity contribution in [1.82, 2.24) is 5.32 Å². The number of halogens is 1. The van der Waals surface area contributed by atoms with Gasteiger partial charge in [0.25, 0.3) is 11.6 Å². The van der Waals surface area contributed by atoms with Gasteiger partial charge in [-0.2, -0.15) is 0 Å². The Bertz CT molecular complexity index is 489. The highest BCUT2D eigenvalue weighted by Crippen LogP contribution is 2.19. The maximum Gasteiger partial charge on any atom is 0.273 e. The highest BCUT2D eigenvalue weighted by Gasteiger charge is 2.16. The zero-order valence-electron chi connectivity index (χ0n) is 11.1. The fourth-order valence-electron chi connectivity index (χ4n) is 1.48. The number of carbonyl (C=O) groups excluding carboxylic acids is 1. The van der Waals surface area contributed by atoms with E-state index in [1.165, 1.54) is 6.07 Å². The summed E-state index contributed by atoms with van der Waals surface area (Å²) in [5.41, 5.74) is 0.815. The van der Waals surface area contributed by atoms with Crippen molar-refractivity contribution < 1.29 is 9.72 Å². The van der Waals surface area contributed by atoms with Gasteiger partial charge in [-0.3, -0.25) is 14.9 Å². The molecular formula is C13H17BrN2O3. The van der Waals surface area contributed by atoms with Crippen molar-refractivity contribution in [3.63, 3.8) is 0 Å². The molecule has 0 spiro atoms. The van der Waals surface area contributed by atoms with Gasteiger partial charge in [-0.1, -0.05) is 35.8 Å². The molecule has 1 amide bonds. The molecule has 0 aliphatic heterocycles. The van der Waals surface area contributed by atoms with E-state index in [9.17, 15) is 14.9 Å². The van der Waals surface area contributed by atoms with Gasteiger partial charge in [0.15, 0.2) is 0 Å². The number of nitrogens with one attached hydrogen (secondary N) is 1. The molecule has 1 aromatic carbocycles. The van der Waals surface area contributed by atoms with Crippen LogP contribution in [0.15, 0.2) is 18.2 Å². The lowest BCUT2D eigenvalue weighted by atomic mass is 10.1. The Morgan fingerprint density at radius 1 is 1.47 bits per heavy atom. The average Bonchev–Trinajstić information content (AvgIpc) is 2.35. The van der Waals surface area contributed by atoms with Crippen LogP contribution < -0.4 is 5.32 Å². The van der Waals surface area contributed by atoms with Gasteiger partial charge in [0.1, 0.15) is 0 Å². The van der Waals surface area contributed by atoms with E-state index in [0.717, 1.165) is 0 Å². The number of nitrogens with zero attached hydrogens (tertiary/aromatic N) is 1. The lowest BCUT2D eigenvalue weighted by Gasteiger charge is -2.14. The molecule has 1 aromatic rings. The van der Waals surface area contributed by atoms with Crippen LogP contribution in [0.1, 0.15) is 29.8 Å². The Morgan fingerprint density at radius 3 is 2.63 bits per heavy atom. The number of alkyl halides is 1. The minimum atomic E-state index is -0.479. The maximum absolute atomic E-state index is 11.9. The second-order valence-electron chi connectivity index (χ2n) is 4.73. The third kappa shape index (κ3) is 4.31. The molecule has 0 radical (unpaired) electrons. The van der Waals surface area contributed by atoms with Gasteiger partial charge in [-0.25, -0.2) is 0 Å². The van der Waals surface area contributed by atoms with Gasteiger partial charge in [-0.15, -0.1) is 0 Å². The highest BCUT2D eigenvalue weighted by molar-refractivity contribution is 9.09. The molecule has 0 aliphatic carbocycles. The number of hydrogen-bond donors (Lipinski definition) is 1. The summed E-state index contributed by atoms with van der Waals surface area (Å²) >= 11 is 3.47. The highest BCUT2D eigenvalue weighted by atomic mass is 79.9. The number of aryl methyl sites for hydroxylation is 1. The molecule has 0 bridgehead atoms. The molecule has 1 rings (SSSR count). The standard InChI is InChI=1S/C13H17BrN2O3/c1-8(2)11(14)7-15-13(17)10-5-4-9(3)12(6-10)16(18)19/h4-6,8,11H,7H2,1-3H3,(H,15,17). The normalized spacial score (nSPS) is 12.3. The third-order valence-corrected chi connectivity index (χ3v) is 4.23. The average molecular weight is 329 g/mol. The topological polar surface area (TPSA) is 72.2 Å². The van der Waals surface area contributed by atoms with E-state index in [1.54, 1.807) is 19.1 Å². The fraction of sp³-hybridized carbons (Fsp3) is 0.462. The molecule has 19 heavy (non-hydrogen) atoms. The van der Waals surface area contributed by atoms with Crippen molar-refractivity contribution in [3.05, 3.63) is 39.4 Å². The second-order valence-corrected chi connectivity index (χ2v) is 5.90. The van der Waals surface area contributed by atoms with Crippen molar-refractivity contribution >= 4 is 27.5 Å². The molecule has 0 heterocycles. The molecule has 1 atom stereocenters. The number of carbonyl (C=O) groups is 1. The van der Waals surface area contributed by atoms with Crippen molar-refractivity contribution in [2.24, 2.45) is 5.92 Å². The Kier molecular flexibility index (Phi) is 5.47.